The van der Waals surface area contributed by atoms with Crippen molar-refractivity contribution in [1.29, 1.82) is 0 Å². The molecule has 0 atom stereocenters. The van der Waals surface area contributed by atoms with Crippen LogP contribution in [0.15, 0.2) is 28.8 Å². The van der Waals surface area contributed by atoms with Crippen molar-refractivity contribution in [2.45, 2.75) is 27.3 Å². The molecule has 0 radical (unpaired) electrons. The summed E-state index contributed by atoms with van der Waals surface area (Å²) in [4.78, 5) is 11.7. The number of nitrogens with zero attached hydrogens (tertiary/aromatic N) is 1. The van der Waals surface area contributed by atoms with Gasteiger partial charge in [0.2, 0.25) is 0 Å². The summed E-state index contributed by atoms with van der Waals surface area (Å²) in [5.41, 5.74) is 2.80. The highest BCUT2D eigenvalue weighted by Gasteiger charge is 2.10. The van der Waals surface area contributed by atoms with Crippen LogP contribution in [0.1, 0.15) is 22.6 Å². The minimum Gasteiger partial charge on any atom is -0.484 e. The fourth-order valence-corrected chi connectivity index (χ4v) is 1.85. The van der Waals surface area contributed by atoms with E-state index in [-0.39, 0.29) is 12.5 Å². The normalized spacial score (nSPS) is 10.3. The van der Waals surface area contributed by atoms with E-state index in [0.717, 1.165) is 22.6 Å². The van der Waals surface area contributed by atoms with Crippen molar-refractivity contribution in [2.24, 2.45) is 0 Å². The smallest absolute Gasteiger partial charge is 0.258 e. The summed E-state index contributed by atoms with van der Waals surface area (Å²) in [6.45, 7) is 6.04. The molecule has 0 fully saturated rings. The second-order valence-corrected chi connectivity index (χ2v) is 4.68. The van der Waals surface area contributed by atoms with Crippen LogP contribution in [0, 0.1) is 20.8 Å². The van der Waals surface area contributed by atoms with Crippen LogP contribution in [-0.2, 0) is 11.3 Å². The number of carbonyl (C=O) groups excluding carboxylic acids is 1. The van der Waals surface area contributed by atoms with E-state index >= 15 is 0 Å². The second-order valence-electron chi connectivity index (χ2n) is 4.68. The first-order valence-corrected chi connectivity index (χ1v) is 6.44. The highest BCUT2D eigenvalue weighted by Crippen LogP contribution is 2.13. The summed E-state index contributed by atoms with van der Waals surface area (Å²) >= 11 is 0. The summed E-state index contributed by atoms with van der Waals surface area (Å²) in [7, 11) is 0. The highest BCUT2D eigenvalue weighted by molar-refractivity contribution is 5.77. The van der Waals surface area contributed by atoms with Crippen LogP contribution in [-0.4, -0.2) is 17.7 Å². The van der Waals surface area contributed by atoms with Gasteiger partial charge in [0.05, 0.1) is 5.69 Å². The number of aromatic nitrogens is 1. The van der Waals surface area contributed by atoms with E-state index in [2.05, 4.69) is 10.5 Å². The monoisotopic (exact) mass is 274 g/mol. The molecule has 1 heterocycles. The lowest BCUT2D eigenvalue weighted by Crippen LogP contribution is -2.28. The maximum atomic E-state index is 11.7. The molecule has 1 amide bonds. The predicted molar refractivity (Wildman–Crippen MR) is 74.5 cm³/mol. The van der Waals surface area contributed by atoms with Crippen molar-refractivity contribution in [1.82, 2.24) is 10.5 Å². The Morgan fingerprint density at radius 1 is 1.35 bits per heavy atom. The van der Waals surface area contributed by atoms with E-state index in [1.807, 2.05) is 45.0 Å². The van der Waals surface area contributed by atoms with Gasteiger partial charge in [-0.1, -0.05) is 17.3 Å². The van der Waals surface area contributed by atoms with Gasteiger partial charge in [-0.2, -0.15) is 0 Å². The standard InChI is InChI=1S/C15H18N2O3/c1-10-5-4-6-13(7-10)19-9-15(18)16-8-14-11(2)17-20-12(14)3/h4-7H,8-9H2,1-3H3,(H,16,18). The minimum absolute atomic E-state index is 0.00711. The number of ether oxygens (including phenoxy) is 1. The Bertz CT molecular complexity index is 585. The maximum absolute atomic E-state index is 11.7. The molecule has 5 nitrogen and oxygen atoms in total. The SMILES string of the molecule is Cc1cccc(OCC(=O)NCc2c(C)noc2C)c1. The van der Waals surface area contributed by atoms with Crippen molar-refractivity contribution >= 4 is 5.91 Å². The van der Waals surface area contributed by atoms with Gasteiger partial charge in [-0.15, -0.1) is 0 Å². The largest absolute Gasteiger partial charge is 0.484 e. The molecule has 0 saturated heterocycles. The van der Waals surface area contributed by atoms with Gasteiger partial charge in [-0.3, -0.25) is 4.79 Å². The molecule has 0 spiro atoms. The van der Waals surface area contributed by atoms with Crippen LogP contribution >= 0.6 is 0 Å². The van der Waals surface area contributed by atoms with Crippen molar-refractivity contribution in [3.63, 3.8) is 0 Å². The van der Waals surface area contributed by atoms with Gasteiger partial charge >= 0.3 is 0 Å². The van der Waals surface area contributed by atoms with Crippen molar-refractivity contribution in [2.75, 3.05) is 6.61 Å². The van der Waals surface area contributed by atoms with Crippen molar-refractivity contribution < 1.29 is 14.1 Å². The molecule has 106 valence electrons. The number of hydrogen-bond donors (Lipinski definition) is 1. The summed E-state index contributed by atoms with van der Waals surface area (Å²) in [5, 5.41) is 6.63. The molecule has 1 aromatic carbocycles. The third-order valence-electron chi connectivity index (χ3n) is 3.00. The summed E-state index contributed by atoms with van der Waals surface area (Å²) in [6, 6.07) is 7.59. The highest BCUT2D eigenvalue weighted by atomic mass is 16.5. The van der Waals surface area contributed by atoms with E-state index in [0.29, 0.717) is 12.3 Å². The lowest BCUT2D eigenvalue weighted by atomic mass is 10.2. The molecule has 5 heteroatoms. The van der Waals surface area contributed by atoms with Gasteiger partial charge in [0, 0.05) is 12.1 Å². The Morgan fingerprint density at radius 3 is 2.80 bits per heavy atom. The van der Waals surface area contributed by atoms with Gasteiger partial charge in [0.1, 0.15) is 11.5 Å². The maximum Gasteiger partial charge on any atom is 0.258 e. The number of nitrogens with one attached hydrogen (secondary N) is 1. The summed E-state index contributed by atoms with van der Waals surface area (Å²) < 4.78 is 10.5. The molecule has 0 aliphatic carbocycles. The number of rotatable bonds is 5. The van der Waals surface area contributed by atoms with Crippen LogP contribution in [0.5, 0.6) is 5.75 Å². The summed E-state index contributed by atoms with van der Waals surface area (Å²) in [6.07, 6.45) is 0. The van der Waals surface area contributed by atoms with Gasteiger partial charge in [-0.05, 0) is 38.5 Å². The first-order chi connectivity index (χ1) is 9.56. The Morgan fingerprint density at radius 2 is 2.15 bits per heavy atom. The van der Waals surface area contributed by atoms with E-state index in [1.54, 1.807) is 0 Å². The number of amides is 1. The predicted octanol–water partition coefficient (Wildman–Crippen LogP) is 2.30. The van der Waals surface area contributed by atoms with Crippen LogP contribution in [0.4, 0.5) is 0 Å². The third-order valence-corrected chi connectivity index (χ3v) is 3.00. The van der Waals surface area contributed by atoms with Gasteiger partial charge in [-0.25, -0.2) is 0 Å². The molecular formula is C15H18N2O3. The lowest BCUT2D eigenvalue weighted by molar-refractivity contribution is -0.123. The van der Waals surface area contributed by atoms with Crippen LogP contribution < -0.4 is 10.1 Å². The first-order valence-electron chi connectivity index (χ1n) is 6.44. The zero-order chi connectivity index (χ0) is 14.5. The quantitative estimate of drug-likeness (QED) is 0.908. The van der Waals surface area contributed by atoms with E-state index in [9.17, 15) is 4.79 Å². The average molecular weight is 274 g/mol. The van der Waals surface area contributed by atoms with Crippen LogP contribution in [0.3, 0.4) is 0 Å². The molecule has 0 bridgehead atoms. The number of benzene rings is 1. The molecule has 1 aromatic heterocycles. The molecule has 2 aromatic rings. The number of carbonyl (C=O) groups is 1. The van der Waals surface area contributed by atoms with Gasteiger partial charge in [0.25, 0.3) is 5.91 Å². The van der Waals surface area contributed by atoms with Crippen LogP contribution in [0.2, 0.25) is 0 Å². The molecule has 2 rings (SSSR count). The lowest BCUT2D eigenvalue weighted by Gasteiger charge is -2.07. The van der Waals surface area contributed by atoms with E-state index in [1.165, 1.54) is 0 Å². The number of aryl methyl sites for hydroxylation is 3. The van der Waals surface area contributed by atoms with E-state index < -0.39 is 0 Å². The minimum atomic E-state index is -0.175. The summed E-state index contributed by atoms with van der Waals surface area (Å²) in [5.74, 6) is 1.24. The molecule has 0 saturated carbocycles. The Hall–Kier alpha value is -2.30. The van der Waals surface area contributed by atoms with Gasteiger partial charge < -0.3 is 14.6 Å². The average Bonchev–Trinajstić information content (AvgIpc) is 2.74. The third kappa shape index (κ3) is 3.60. The second kappa shape index (κ2) is 6.23. The van der Waals surface area contributed by atoms with Crippen LogP contribution in [0.25, 0.3) is 0 Å². The fourth-order valence-electron chi connectivity index (χ4n) is 1.85. The Labute approximate surface area is 117 Å². The van der Waals surface area contributed by atoms with E-state index in [4.69, 9.17) is 9.26 Å². The molecule has 1 N–H and O–H groups in total. The first kappa shape index (κ1) is 14.1. The van der Waals surface area contributed by atoms with Crippen molar-refractivity contribution in [3.8, 4) is 5.75 Å². The number of hydrogen-bond acceptors (Lipinski definition) is 4. The zero-order valence-corrected chi connectivity index (χ0v) is 11.9. The van der Waals surface area contributed by atoms with Gasteiger partial charge in [0.15, 0.2) is 6.61 Å². The fraction of sp³-hybridized carbons (Fsp3) is 0.333. The molecular weight excluding hydrogens is 256 g/mol. The molecule has 0 unspecified atom stereocenters. The molecule has 0 aliphatic rings. The Balaban J connectivity index is 1.81. The zero-order valence-electron chi connectivity index (χ0n) is 11.9. The topological polar surface area (TPSA) is 64.4 Å². The Kier molecular flexibility index (Phi) is 4.40. The van der Waals surface area contributed by atoms with Crippen molar-refractivity contribution in [3.05, 3.63) is 46.8 Å². The molecule has 0 aliphatic heterocycles. The molecule has 20 heavy (non-hydrogen) atoms.